The maximum atomic E-state index is 13.0. The number of fused-ring (bicyclic) bond motifs is 2. The van der Waals surface area contributed by atoms with Crippen molar-refractivity contribution >= 4 is 60.7 Å². The first-order valence-corrected chi connectivity index (χ1v) is 11.0. The van der Waals surface area contributed by atoms with Gasteiger partial charge in [-0.15, -0.1) is 0 Å². The van der Waals surface area contributed by atoms with E-state index in [1.165, 1.54) is 0 Å². The highest BCUT2D eigenvalue weighted by atomic mass is 79.9. The van der Waals surface area contributed by atoms with E-state index < -0.39 is 0 Å². The van der Waals surface area contributed by atoms with Gasteiger partial charge in [0.05, 0.1) is 11.1 Å². The smallest absolute Gasteiger partial charge is 0.259 e. The van der Waals surface area contributed by atoms with Crippen LogP contribution in [0.25, 0.3) is 33.0 Å². The molecule has 1 aliphatic heterocycles. The van der Waals surface area contributed by atoms with Crippen molar-refractivity contribution in [1.82, 2.24) is 20.2 Å². The number of nitrogens with one attached hydrogen (secondary N) is 3. The van der Waals surface area contributed by atoms with Gasteiger partial charge in [0.1, 0.15) is 0 Å². The number of halogens is 1. The van der Waals surface area contributed by atoms with Gasteiger partial charge in [-0.25, -0.2) is 0 Å². The van der Waals surface area contributed by atoms with E-state index in [0.717, 1.165) is 56.9 Å². The Hall–Kier alpha value is -3.16. The molecule has 2 aromatic carbocycles. The monoisotopic (exact) mass is 476 g/mol. The fraction of sp³-hybridized carbons (Fsp3) is 0.167. The molecular formula is C24H21BrN4O2. The lowest BCUT2D eigenvalue weighted by Gasteiger charge is -2.05. The van der Waals surface area contributed by atoms with Crippen LogP contribution in [-0.4, -0.2) is 35.0 Å². The molecule has 4 aromatic rings. The molecule has 0 saturated heterocycles. The Kier molecular flexibility index (Phi) is 5.00. The van der Waals surface area contributed by atoms with Crippen LogP contribution in [-0.2, 0) is 16.1 Å². The van der Waals surface area contributed by atoms with Crippen LogP contribution in [0, 0.1) is 0 Å². The van der Waals surface area contributed by atoms with Crippen LogP contribution in [0.5, 0.6) is 0 Å². The summed E-state index contributed by atoms with van der Waals surface area (Å²) in [6.45, 7) is 1.70. The van der Waals surface area contributed by atoms with Crippen molar-refractivity contribution < 1.29 is 9.59 Å². The van der Waals surface area contributed by atoms with Gasteiger partial charge in [0.2, 0.25) is 0 Å². The van der Waals surface area contributed by atoms with Crippen LogP contribution in [0.15, 0.2) is 59.3 Å². The second-order valence-corrected chi connectivity index (χ2v) is 8.55. The normalized spacial score (nSPS) is 14.3. The number of carbonyl (C=O) groups is 2. The van der Waals surface area contributed by atoms with Gasteiger partial charge >= 0.3 is 0 Å². The quantitative estimate of drug-likeness (QED) is 0.290. The molecule has 0 bridgehead atoms. The molecule has 2 amide bonds. The zero-order valence-electron chi connectivity index (χ0n) is 17.0. The number of nitrogens with zero attached hydrogens (tertiary/aromatic N) is 1. The number of hydrogen-bond acceptors (Lipinski definition) is 3. The van der Waals surface area contributed by atoms with Crippen molar-refractivity contribution in [2.75, 3.05) is 13.6 Å². The van der Waals surface area contributed by atoms with Gasteiger partial charge in [-0.3, -0.25) is 14.9 Å². The van der Waals surface area contributed by atoms with Crippen molar-refractivity contribution in [2.45, 2.75) is 13.0 Å². The zero-order valence-corrected chi connectivity index (χ0v) is 18.5. The molecule has 156 valence electrons. The summed E-state index contributed by atoms with van der Waals surface area (Å²) in [6, 6.07) is 13.8. The fourth-order valence-electron chi connectivity index (χ4n) is 4.32. The number of aromatic amines is 1. The molecule has 2 aromatic heterocycles. The minimum atomic E-state index is -0.363. The average molecular weight is 477 g/mol. The molecular weight excluding hydrogens is 456 g/mol. The summed E-state index contributed by atoms with van der Waals surface area (Å²) in [5, 5.41) is 7.55. The first-order chi connectivity index (χ1) is 15.1. The van der Waals surface area contributed by atoms with E-state index in [0.29, 0.717) is 11.1 Å². The summed E-state index contributed by atoms with van der Waals surface area (Å²) in [6.07, 6.45) is 4.75. The Balaban J connectivity index is 1.75. The van der Waals surface area contributed by atoms with Crippen LogP contribution in [0.4, 0.5) is 0 Å². The van der Waals surface area contributed by atoms with Gasteiger partial charge in [0.25, 0.3) is 11.8 Å². The molecule has 0 radical (unpaired) electrons. The molecule has 5 rings (SSSR count). The van der Waals surface area contributed by atoms with E-state index in [1.54, 1.807) is 6.20 Å². The molecule has 0 spiro atoms. The molecule has 1 aliphatic rings. The molecule has 0 atom stereocenters. The van der Waals surface area contributed by atoms with Crippen LogP contribution < -0.4 is 10.6 Å². The first kappa shape index (κ1) is 19.8. The van der Waals surface area contributed by atoms with E-state index in [1.807, 2.05) is 49.6 Å². The second-order valence-electron chi connectivity index (χ2n) is 7.64. The zero-order chi connectivity index (χ0) is 21.5. The lowest BCUT2D eigenvalue weighted by atomic mass is 9.95. The summed E-state index contributed by atoms with van der Waals surface area (Å²) in [5.74, 6) is -0.722. The number of carbonyl (C=O) groups excluding carboxylic acids is 2. The number of aromatic nitrogens is 2. The van der Waals surface area contributed by atoms with E-state index in [2.05, 4.69) is 42.2 Å². The molecule has 0 fully saturated rings. The van der Waals surface area contributed by atoms with Gasteiger partial charge in [0, 0.05) is 56.3 Å². The highest BCUT2D eigenvalue weighted by Gasteiger charge is 2.35. The number of H-pyrrole nitrogens is 1. The molecule has 0 saturated carbocycles. The average Bonchev–Trinajstić information content (AvgIpc) is 3.41. The topological polar surface area (TPSA) is 78.9 Å². The fourth-order valence-corrected chi connectivity index (χ4v) is 4.67. The van der Waals surface area contributed by atoms with Crippen molar-refractivity contribution in [2.24, 2.45) is 0 Å². The van der Waals surface area contributed by atoms with Gasteiger partial charge < -0.3 is 14.9 Å². The summed E-state index contributed by atoms with van der Waals surface area (Å²) in [5.41, 5.74) is 4.31. The maximum Gasteiger partial charge on any atom is 0.259 e. The lowest BCUT2D eigenvalue weighted by molar-refractivity contribution is -0.122. The highest BCUT2D eigenvalue weighted by Crippen LogP contribution is 2.38. The van der Waals surface area contributed by atoms with Crippen LogP contribution in [0.3, 0.4) is 0 Å². The number of benzene rings is 2. The Morgan fingerprint density at radius 3 is 2.58 bits per heavy atom. The molecule has 7 heteroatoms. The number of aryl methyl sites for hydroxylation is 1. The summed E-state index contributed by atoms with van der Waals surface area (Å²) >= 11 is 3.56. The van der Waals surface area contributed by atoms with E-state index >= 15 is 0 Å². The summed E-state index contributed by atoms with van der Waals surface area (Å²) in [7, 11) is 1.93. The third-order valence-corrected chi connectivity index (χ3v) is 6.22. The molecule has 31 heavy (non-hydrogen) atoms. The van der Waals surface area contributed by atoms with Crippen LogP contribution in [0.2, 0.25) is 0 Å². The van der Waals surface area contributed by atoms with E-state index in [-0.39, 0.29) is 11.8 Å². The van der Waals surface area contributed by atoms with Gasteiger partial charge in [-0.05, 0) is 38.2 Å². The number of imide groups is 1. The molecule has 6 nitrogen and oxygen atoms in total. The predicted octanol–water partition coefficient (Wildman–Crippen LogP) is 4.06. The highest BCUT2D eigenvalue weighted by molar-refractivity contribution is 9.10. The molecule has 3 heterocycles. The van der Waals surface area contributed by atoms with Crippen LogP contribution in [0.1, 0.15) is 17.5 Å². The van der Waals surface area contributed by atoms with Crippen molar-refractivity contribution in [3.63, 3.8) is 0 Å². The van der Waals surface area contributed by atoms with Gasteiger partial charge in [-0.2, -0.15) is 0 Å². The third-order valence-electron chi connectivity index (χ3n) is 5.73. The first-order valence-electron chi connectivity index (χ1n) is 10.2. The van der Waals surface area contributed by atoms with E-state index in [4.69, 9.17) is 0 Å². The van der Waals surface area contributed by atoms with Crippen molar-refractivity contribution in [1.29, 1.82) is 0 Å². The predicted molar refractivity (Wildman–Crippen MR) is 126 cm³/mol. The lowest BCUT2D eigenvalue weighted by Crippen LogP contribution is -2.22. The van der Waals surface area contributed by atoms with Crippen molar-refractivity contribution in [3.8, 4) is 0 Å². The molecule has 0 unspecified atom stereocenters. The standard InChI is InChI=1S/C24H21BrN4O2/c1-26-9-4-10-29-13-18(16-8-7-14(25)11-20(16)29)22-21(23(30)28-24(22)31)17-12-27-19-6-3-2-5-15(17)19/h2-3,5-8,11-13,26-27H,4,9-10H2,1H3,(H,28,30,31). The van der Waals surface area contributed by atoms with Gasteiger partial charge in [0.15, 0.2) is 0 Å². The second kappa shape index (κ2) is 7.83. The third kappa shape index (κ3) is 3.30. The molecule has 0 aliphatic carbocycles. The minimum absolute atomic E-state index is 0.359. The number of para-hydroxylation sites is 1. The summed E-state index contributed by atoms with van der Waals surface area (Å²) in [4.78, 5) is 29.1. The Bertz CT molecular complexity index is 1380. The largest absolute Gasteiger partial charge is 0.361 e. The molecule has 3 N–H and O–H groups in total. The Morgan fingerprint density at radius 1 is 1.00 bits per heavy atom. The SMILES string of the molecule is CNCCCn1cc(C2=C(c3c[nH]c4ccccc34)C(=O)NC2=O)c2ccc(Br)cc21. The van der Waals surface area contributed by atoms with Crippen LogP contribution >= 0.6 is 15.9 Å². The van der Waals surface area contributed by atoms with Gasteiger partial charge in [-0.1, -0.05) is 40.2 Å². The Labute approximate surface area is 187 Å². The number of hydrogen-bond donors (Lipinski definition) is 3. The minimum Gasteiger partial charge on any atom is -0.361 e. The van der Waals surface area contributed by atoms with Crippen molar-refractivity contribution in [3.05, 3.63) is 70.5 Å². The van der Waals surface area contributed by atoms with E-state index in [9.17, 15) is 9.59 Å². The summed E-state index contributed by atoms with van der Waals surface area (Å²) < 4.78 is 3.13. The maximum absolute atomic E-state index is 13.0. The number of rotatable bonds is 6. The number of amides is 2. The Morgan fingerprint density at radius 2 is 1.77 bits per heavy atom.